The first-order chi connectivity index (χ1) is 16.9. The summed E-state index contributed by atoms with van der Waals surface area (Å²) in [6.07, 6.45) is 0. The largest absolute Gasteiger partial charge is 0.741 e. The first kappa shape index (κ1) is 25.6. The minimum absolute atomic E-state index is 0.255. The van der Waals surface area contributed by atoms with Crippen molar-refractivity contribution in [3.05, 3.63) is 78.1 Å². The summed E-state index contributed by atoms with van der Waals surface area (Å²) in [6, 6.07) is 22.4. The van der Waals surface area contributed by atoms with E-state index in [2.05, 4.69) is 18.2 Å². The zero-order chi connectivity index (χ0) is 26.3. The van der Waals surface area contributed by atoms with Gasteiger partial charge in [-0.2, -0.15) is 13.2 Å². The molecule has 1 aromatic heterocycles. The Balaban J connectivity index is 0.000000331. The van der Waals surface area contributed by atoms with E-state index in [0.717, 1.165) is 37.1 Å². The number of fused-ring (bicyclic) bond motifs is 3. The number of hydrogen-bond acceptors (Lipinski definition) is 7. The van der Waals surface area contributed by atoms with Gasteiger partial charge in [-0.15, -0.1) is 0 Å². The Morgan fingerprint density at radius 1 is 0.972 bits per heavy atom. The van der Waals surface area contributed by atoms with Gasteiger partial charge in [0, 0.05) is 17.0 Å². The Kier molecular flexibility index (Phi) is 6.78. The molecular weight excluding hydrogens is 521 g/mol. The predicted octanol–water partition coefficient (Wildman–Crippen LogP) is 5.78. The van der Waals surface area contributed by atoms with Crippen LogP contribution in [0.15, 0.2) is 85.8 Å². The fourth-order valence-corrected chi connectivity index (χ4v) is 5.74. The number of hydrogen-bond donors (Lipinski definition) is 0. The van der Waals surface area contributed by atoms with Gasteiger partial charge < -0.3 is 18.4 Å². The van der Waals surface area contributed by atoms with Crippen molar-refractivity contribution >= 4 is 38.0 Å². The summed E-state index contributed by atoms with van der Waals surface area (Å²) in [6.45, 7) is 1.87. The number of rotatable bonds is 2. The lowest BCUT2D eigenvalue weighted by Crippen LogP contribution is -2.21. The predicted molar refractivity (Wildman–Crippen MR) is 123 cm³/mol. The van der Waals surface area contributed by atoms with Crippen molar-refractivity contribution in [2.45, 2.75) is 27.1 Å². The third-order valence-electron chi connectivity index (χ3n) is 5.16. The van der Waals surface area contributed by atoms with E-state index in [1.807, 2.05) is 55.5 Å². The van der Waals surface area contributed by atoms with Crippen LogP contribution in [0.2, 0.25) is 0 Å². The lowest BCUT2D eigenvalue weighted by atomic mass is 10.1. The number of ether oxygens (including phenoxy) is 2. The number of carbonyl (C=O) groups excluding carboxylic acids is 1. The van der Waals surface area contributed by atoms with Gasteiger partial charge in [0.05, 0.1) is 7.11 Å². The fourth-order valence-electron chi connectivity index (χ4n) is 3.52. The van der Waals surface area contributed by atoms with E-state index < -0.39 is 21.6 Å². The molecule has 1 aliphatic rings. The number of benzene rings is 3. The molecule has 3 aromatic carbocycles. The van der Waals surface area contributed by atoms with Gasteiger partial charge >= 0.3 is 11.5 Å². The monoisotopic (exact) mass is 538 g/mol. The standard InChI is InChI=1S/C23H17O4S.CHF3O3S/c1-14-16-12-11-15(13-19(16)27-22(14)23(24)25-2)28-20-9-5-3-7-17(20)26-18-8-4-6-10-21(18)28;2-1(3,4)8(5,6)7/h3-13H,1-2H3;(H,5,6,7)/q+1;/p-1. The van der Waals surface area contributed by atoms with Crippen LogP contribution in [-0.2, 0) is 25.7 Å². The molecule has 36 heavy (non-hydrogen) atoms. The summed E-state index contributed by atoms with van der Waals surface area (Å²) in [7, 11) is -5.06. The van der Waals surface area contributed by atoms with E-state index in [1.54, 1.807) is 0 Å². The number of halogens is 3. The second-order valence-electron chi connectivity index (χ2n) is 7.41. The molecule has 7 nitrogen and oxygen atoms in total. The van der Waals surface area contributed by atoms with Crippen molar-refractivity contribution in [3.63, 3.8) is 0 Å². The van der Waals surface area contributed by atoms with E-state index in [-0.39, 0.29) is 16.7 Å². The highest BCUT2D eigenvalue weighted by Gasteiger charge is 2.39. The van der Waals surface area contributed by atoms with E-state index >= 15 is 0 Å². The zero-order valence-electron chi connectivity index (χ0n) is 18.7. The van der Waals surface area contributed by atoms with Gasteiger partial charge in [0.1, 0.15) is 16.5 Å². The maximum absolute atomic E-state index is 12.0. The Morgan fingerprint density at radius 3 is 2.00 bits per heavy atom. The molecule has 0 atom stereocenters. The number of esters is 1. The van der Waals surface area contributed by atoms with Crippen molar-refractivity contribution in [3.8, 4) is 11.5 Å². The first-order valence-electron chi connectivity index (χ1n) is 10.2. The number of carbonyl (C=O) groups is 1. The smallest absolute Gasteiger partial charge is 0.485 e. The number of methoxy groups -OCH3 is 1. The molecule has 5 rings (SSSR count). The second kappa shape index (κ2) is 9.52. The van der Waals surface area contributed by atoms with Crippen LogP contribution in [0.1, 0.15) is 16.1 Å². The van der Waals surface area contributed by atoms with Gasteiger partial charge in [-0.25, -0.2) is 13.2 Å². The Labute approximate surface area is 206 Å². The van der Waals surface area contributed by atoms with Crippen LogP contribution in [0, 0.1) is 6.92 Å². The normalized spacial score (nSPS) is 13.2. The number of aryl methyl sites for hydroxylation is 1. The van der Waals surface area contributed by atoms with Gasteiger partial charge in [0.2, 0.25) is 15.6 Å². The van der Waals surface area contributed by atoms with Crippen LogP contribution in [-0.4, -0.2) is 31.6 Å². The van der Waals surface area contributed by atoms with E-state index in [0.29, 0.717) is 5.58 Å². The quantitative estimate of drug-likeness (QED) is 0.121. The van der Waals surface area contributed by atoms with Crippen LogP contribution in [0.3, 0.4) is 0 Å². The van der Waals surface area contributed by atoms with Crippen molar-refractivity contribution in [2.24, 2.45) is 0 Å². The maximum atomic E-state index is 12.0. The topological polar surface area (TPSA) is 106 Å². The SMILES string of the molecule is COC(=O)c1oc2cc([S+]3c4ccccc4Oc4ccccc43)ccc2c1C.O=S(=O)([O-])C(F)(F)F. The third kappa shape index (κ3) is 4.79. The molecule has 0 amide bonds. The highest BCUT2D eigenvalue weighted by Crippen LogP contribution is 2.47. The molecule has 2 heterocycles. The Bertz CT molecular complexity index is 1510. The van der Waals surface area contributed by atoms with Crippen LogP contribution in [0.4, 0.5) is 13.2 Å². The average molecular weight is 539 g/mol. The highest BCUT2D eigenvalue weighted by molar-refractivity contribution is 7.97. The summed E-state index contributed by atoms with van der Waals surface area (Å²) >= 11 is 0. The molecule has 0 aliphatic carbocycles. The number of para-hydroxylation sites is 2. The molecule has 0 saturated heterocycles. The molecular formula is C24H17F3O7S2. The van der Waals surface area contributed by atoms with Gasteiger partial charge in [-0.05, 0) is 43.3 Å². The molecule has 4 aromatic rings. The van der Waals surface area contributed by atoms with Gasteiger partial charge in [-0.1, -0.05) is 24.3 Å². The minimum atomic E-state index is -6.09. The molecule has 0 spiro atoms. The van der Waals surface area contributed by atoms with E-state index in [4.69, 9.17) is 26.9 Å². The molecule has 0 saturated carbocycles. The molecule has 12 heteroatoms. The second-order valence-corrected chi connectivity index (χ2v) is 10.7. The Morgan fingerprint density at radius 2 is 1.50 bits per heavy atom. The molecule has 188 valence electrons. The summed E-state index contributed by atoms with van der Waals surface area (Å²) in [5.41, 5.74) is -4.17. The van der Waals surface area contributed by atoms with Crippen LogP contribution >= 0.6 is 0 Å². The van der Waals surface area contributed by atoms with E-state index in [9.17, 15) is 18.0 Å². The van der Waals surface area contributed by atoms with E-state index in [1.165, 1.54) is 7.11 Å². The zero-order valence-corrected chi connectivity index (χ0v) is 20.3. The van der Waals surface area contributed by atoms with Gasteiger partial charge in [0.15, 0.2) is 26.5 Å². The lowest BCUT2D eigenvalue weighted by molar-refractivity contribution is -0.0517. The molecule has 0 fully saturated rings. The van der Waals surface area contributed by atoms with Crippen LogP contribution in [0.25, 0.3) is 11.0 Å². The number of furan rings is 1. The van der Waals surface area contributed by atoms with Crippen molar-refractivity contribution < 1.29 is 44.8 Å². The molecule has 1 aliphatic heterocycles. The summed E-state index contributed by atoms with van der Waals surface area (Å²) < 4.78 is 75.7. The van der Waals surface area contributed by atoms with Crippen LogP contribution in [0.5, 0.6) is 11.5 Å². The minimum Gasteiger partial charge on any atom is -0.741 e. The van der Waals surface area contributed by atoms with Crippen molar-refractivity contribution in [2.75, 3.05) is 7.11 Å². The first-order valence-corrected chi connectivity index (χ1v) is 12.8. The molecule has 0 N–H and O–H groups in total. The van der Waals surface area contributed by atoms with Gasteiger partial charge in [0.25, 0.3) is 0 Å². The summed E-state index contributed by atoms with van der Waals surface area (Å²) in [5, 5.41) is 0.919. The lowest BCUT2D eigenvalue weighted by Gasteiger charge is -2.19. The molecule has 0 bridgehead atoms. The van der Waals surface area contributed by atoms with Crippen molar-refractivity contribution in [1.29, 1.82) is 0 Å². The number of alkyl halides is 3. The van der Waals surface area contributed by atoms with Gasteiger partial charge in [-0.3, -0.25) is 0 Å². The fraction of sp³-hybridized carbons (Fsp3) is 0.125. The Hall–Kier alpha value is -3.48. The van der Waals surface area contributed by atoms with Crippen LogP contribution < -0.4 is 4.74 Å². The molecule has 0 radical (unpaired) electrons. The average Bonchev–Trinajstić information content (AvgIpc) is 3.16. The molecule has 0 unspecified atom stereocenters. The third-order valence-corrected chi connectivity index (χ3v) is 8.00. The summed E-state index contributed by atoms with van der Waals surface area (Å²) in [5.74, 6) is 1.54. The van der Waals surface area contributed by atoms with Crippen molar-refractivity contribution in [1.82, 2.24) is 0 Å². The summed E-state index contributed by atoms with van der Waals surface area (Å²) in [4.78, 5) is 15.4. The highest BCUT2D eigenvalue weighted by atomic mass is 32.2. The maximum Gasteiger partial charge on any atom is 0.485 e.